The SMILES string of the molecule is CCOc1ccccc1CNC(=O)[C@H](C)Sc1ccc(Cl)cc1. The van der Waals surface area contributed by atoms with Gasteiger partial charge in [0, 0.05) is 22.0 Å². The predicted octanol–water partition coefficient (Wildman–Crippen LogP) is 4.54. The van der Waals surface area contributed by atoms with E-state index in [1.165, 1.54) is 11.8 Å². The second-order valence-corrected chi connectivity index (χ2v) is 6.82. The van der Waals surface area contributed by atoms with E-state index >= 15 is 0 Å². The van der Waals surface area contributed by atoms with Gasteiger partial charge in [-0.15, -0.1) is 11.8 Å². The highest BCUT2D eigenvalue weighted by Gasteiger charge is 2.14. The molecule has 2 aromatic carbocycles. The van der Waals surface area contributed by atoms with Crippen LogP contribution < -0.4 is 10.1 Å². The maximum atomic E-state index is 12.3. The van der Waals surface area contributed by atoms with Crippen LogP contribution in [0.15, 0.2) is 53.4 Å². The van der Waals surface area contributed by atoms with Crippen LogP contribution >= 0.6 is 23.4 Å². The molecule has 1 atom stereocenters. The first-order valence-corrected chi connectivity index (χ1v) is 8.76. The van der Waals surface area contributed by atoms with E-state index < -0.39 is 0 Å². The van der Waals surface area contributed by atoms with Crippen molar-refractivity contribution in [1.29, 1.82) is 0 Å². The number of thioether (sulfide) groups is 1. The lowest BCUT2D eigenvalue weighted by Crippen LogP contribution is -2.30. The summed E-state index contributed by atoms with van der Waals surface area (Å²) in [6.45, 7) is 4.90. The van der Waals surface area contributed by atoms with Crippen LogP contribution in [0, 0.1) is 0 Å². The highest BCUT2D eigenvalue weighted by molar-refractivity contribution is 8.00. The molecule has 0 aliphatic carbocycles. The zero-order valence-corrected chi connectivity index (χ0v) is 14.8. The average Bonchev–Trinajstić information content (AvgIpc) is 2.56. The predicted molar refractivity (Wildman–Crippen MR) is 96.2 cm³/mol. The molecule has 2 rings (SSSR count). The molecular formula is C18H20ClNO2S. The second-order valence-electron chi connectivity index (χ2n) is 4.97. The summed E-state index contributed by atoms with van der Waals surface area (Å²) in [5.41, 5.74) is 0.978. The van der Waals surface area contributed by atoms with Crippen LogP contribution in [0.2, 0.25) is 5.02 Å². The van der Waals surface area contributed by atoms with E-state index in [2.05, 4.69) is 5.32 Å². The fraction of sp³-hybridized carbons (Fsp3) is 0.278. The number of hydrogen-bond acceptors (Lipinski definition) is 3. The van der Waals surface area contributed by atoms with Crippen molar-refractivity contribution in [2.24, 2.45) is 0 Å². The van der Waals surface area contributed by atoms with Crippen molar-refractivity contribution < 1.29 is 9.53 Å². The lowest BCUT2D eigenvalue weighted by molar-refractivity contribution is -0.120. The third-order valence-corrected chi connectivity index (χ3v) is 4.59. The third kappa shape index (κ3) is 5.48. The van der Waals surface area contributed by atoms with Gasteiger partial charge in [0.25, 0.3) is 0 Å². The topological polar surface area (TPSA) is 38.3 Å². The molecule has 0 unspecified atom stereocenters. The molecule has 0 aliphatic rings. The summed E-state index contributed by atoms with van der Waals surface area (Å²) in [7, 11) is 0. The van der Waals surface area contributed by atoms with Gasteiger partial charge in [-0.2, -0.15) is 0 Å². The van der Waals surface area contributed by atoms with Crippen LogP contribution in [-0.4, -0.2) is 17.8 Å². The van der Waals surface area contributed by atoms with E-state index in [4.69, 9.17) is 16.3 Å². The van der Waals surface area contributed by atoms with Gasteiger partial charge in [0.15, 0.2) is 0 Å². The Bertz CT molecular complexity index is 646. The van der Waals surface area contributed by atoms with Crippen LogP contribution in [0.4, 0.5) is 0 Å². The number of para-hydroxylation sites is 1. The largest absolute Gasteiger partial charge is 0.494 e. The number of carbonyl (C=O) groups excluding carboxylic acids is 1. The molecule has 1 N–H and O–H groups in total. The average molecular weight is 350 g/mol. The van der Waals surface area contributed by atoms with Crippen molar-refractivity contribution in [3.63, 3.8) is 0 Å². The minimum atomic E-state index is -0.185. The Balaban J connectivity index is 1.90. The molecule has 0 radical (unpaired) electrons. The number of nitrogens with one attached hydrogen (secondary N) is 1. The van der Waals surface area contributed by atoms with Crippen molar-refractivity contribution in [3.05, 3.63) is 59.1 Å². The van der Waals surface area contributed by atoms with Crippen molar-refractivity contribution in [2.45, 2.75) is 30.5 Å². The van der Waals surface area contributed by atoms with Gasteiger partial charge in [0.1, 0.15) is 5.75 Å². The molecule has 0 spiro atoms. The van der Waals surface area contributed by atoms with Gasteiger partial charge in [-0.3, -0.25) is 4.79 Å². The molecule has 3 nitrogen and oxygen atoms in total. The number of hydrogen-bond donors (Lipinski definition) is 1. The van der Waals surface area contributed by atoms with Crippen LogP contribution in [0.1, 0.15) is 19.4 Å². The monoisotopic (exact) mass is 349 g/mol. The zero-order valence-electron chi connectivity index (χ0n) is 13.2. The van der Waals surface area contributed by atoms with Crippen LogP contribution in [0.5, 0.6) is 5.75 Å². The maximum Gasteiger partial charge on any atom is 0.233 e. The van der Waals surface area contributed by atoms with Gasteiger partial charge in [-0.05, 0) is 44.2 Å². The maximum absolute atomic E-state index is 12.3. The van der Waals surface area contributed by atoms with Crippen molar-refractivity contribution in [3.8, 4) is 5.75 Å². The number of benzene rings is 2. The van der Waals surface area contributed by atoms with Crippen molar-refractivity contribution >= 4 is 29.3 Å². The minimum absolute atomic E-state index is 0.00347. The minimum Gasteiger partial charge on any atom is -0.494 e. The van der Waals surface area contributed by atoms with Gasteiger partial charge in [0.2, 0.25) is 5.91 Å². The van der Waals surface area contributed by atoms with E-state index in [0.717, 1.165) is 16.2 Å². The number of ether oxygens (including phenoxy) is 1. The smallest absolute Gasteiger partial charge is 0.233 e. The Labute approximate surface area is 146 Å². The lowest BCUT2D eigenvalue weighted by Gasteiger charge is -2.14. The van der Waals surface area contributed by atoms with Gasteiger partial charge in [-0.1, -0.05) is 29.8 Å². The normalized spacial score (nSPS) is 11.8. The first-order chi connectivity index (χ1) is 11.1. The Kier molecular flexibility index (Phi) is 6.81. The Morgan fingerprint density at radius 1 is 1.22 bits per heavy atom. The fourth-order valence-electron chi connectivity index (χ4n) is 2.04. The Hall–Kier alpha value is -1.65. The van der Waals surface area contributed by atoms with Gasteiger partial charge in [0.05, 0.1) is 11.9 Å². The molecule has 23 heavy (non-hydrogen) atoms. The highest BCUT2D eigenvalue weighted by atomic mass is 35.5. The summed E-state index contributed by atoms with van der Waals surface area (Å²) >= 11 is 7.38. The molecular weight excluding hydrogens is 330 g/mol. The fourth-order valence-corrected chi connectivity index (χ4v) is 3.06. The first kappa shape index (κ1) is 17.7. The number of amides is 1. The molecule has 0 heterocycles. The van der Waals surface area contributed by atoms with Crippen LogP contribution in [0.25, 0.3) is 0 Å². The number of halogens is 1. The van der Waals surface area contributed by atoms with E-state index in [0.29, 0.717) is 18.2 Å². The zero-order chi connectivity index (χ0) is 16.7. The lowest BCUT2D eigenvalue weighted by atomic mass is 10.2. The first-order valence-electron chi connectivity index (χ1n) is 7.50. The molecule has 122 valence electrons. The van der Waals surface area contributed by atoms with Gasteiger partial charge in [-0.25, -0.2) is 0 Å². The van der Waals surface area contributed by atoms with Crippen molar-refractivity contribution in [2.75, 3.05) is 6.61 Å². The third-order valence-electron chi connectivity index (χ3n) is 3.22. The summed E-state index contributed by atoms with van der Waals surface area (Å²) in [6.07, 6.45) is 0. The van der Waals surface area contributed by atoms with E-state index in [1.807, 2.05) is 62.4 Å². The van der Waals surface area contributed by atoms with Gasteiger partial charge >= 0.3 is 0 Å². The molecule has 0 fully saturated rings. The summed E-state index contributed by atoms with van der Waals surface area (Å²) < 4.78 is 5.57. The molecule has 1 amide bonds. The van der Waals surface area contributed by atoms with E-state index in [-0.39, 0.29) is 11.2 Å². The molecule has 5 heteroatoms. The van der Waals surface area contributed by atoms with Gasteiger partial charge < -0.3 is 10.1 Å². The van der Waals surface area contributed by atoms with E-state index in [9.17, 15) is 4.79 Å². The Morgan fingerprint density at radius 3 is 2.61 bits per heavy atom. The molecule has 0 aliphatic heterocycles. The second kappa shape index (κ2) is 8.85. The molecule has 2 aromatic rings. The number of rotatable bonds is 7. The standard InChI is InChI=1S/C18H20ClNO2S/c1-3-22-17-7-5-4-6-14(17)12-20-18(21)13(2)23-16-10-8-15(19)9-11-16/h4-11,13H,3,12H2,1-2H3,(H,20,21)/t13-/m0/s1. The summed E-state index contributed by atoms with van der Waals surface area (Å²) in [6, 6.07) is 15.2. The van der Waals surface area contributed by atoms with Crippen molar-refractivity contribution in [1.82, 2.24) is 5.32 Å². The summed E-state index contributed by atoms with van der Waals surface area (Å²) in [4.78, 5) is 13.3. The summed E-state index contributed by atoms with van der Waals surface area (Å²) in [5.74, 6) is 0.810. The molecule has 0 saturated carbocycles. The summed E-state index contributed by atoms with van der Waals surface area (Å²) in [5, 5.41) is 3.47. The molecule has 0 aromatic heterocycles. The number of carbonyl (C=O) groups is 1. The quantitative estimate of drug-likeness (QED) is 0.746. The highest BCUT2D eigenvalue weighted by Crippen LogP contribution is 2.25. The van der Waals surface area contributed by atoms with E-state index in [1.54, 1.807) is 0 Å². The Morgan fingerprint density at radius 2 is 1.91 bits per heavy atom. The van der Waals surface area contributed by atoms with Crippen LogP contribution in [-0.2, 0) is 11.3 Å². The molecule has 0 bridgehead atoms. The van der Waals surface area contributed by atoms with Crippen LogP contribution in [0.3, 0.4) is 0 Å². The molecule has 0 saturated heterocycles.